The number of cyclic esters (lactones) is 1. The third-order valence-corrected chi connectivity index (χ3v) is 7.48. The van der Waals surface area contributed by atoms with Crippen LogP contribution in [0.1, 0.15) is 41.9 Å². The lowest BCUT2D eigenvalue weighted by Gasteiger charge is -2.39. The Balaban J connectivity index is 1.54. The van der Waals surface area contributed by atoms with E-state index in [1.165, 1.54) is 19.3 Å². The number of aliphatic hydroxyl groups excluding tert-OH is 1. The molecule has 1 N–H and O–H groups in total. The molecular formula is C27H30N2O7. The van der Waals surface area contributed by atoms with Crippen LogP contribution in [0.5, 0.6) is 23.0 Å². The minimum Gasteiger partial charge on any atom is -0.493 e. The first kappa shape index (κ1) is 23.0. The van der Waals surface area contributed by atoms with Crippen molar-refractivity contribution in [3.8, 4) is 23.0 Å². The van der Waals surface area contributed by atoms with E-state index in [1.807, 2.05) is 24.3 Å². The second-order valence-electron chi connectivity index (χ2n) is 9.46. The summed E-state index contributed by atoms with van der Waals surface area (Å²) in [5, 5.41) is 10.1. The van der Waals surface area contributed by atoms with Crippen LogP contribution in [-0.4, -0.2) is 63.4 Å². The van der Waals surface area contributed by atoms with Crippen molar-refractivity contribution in [1.82, 2.24) is 4.90 Å². The lowest BCUT2D eigenvalue weighted by molar-refractivity contribution is -0.136. The van der Waals surface area contributed by atoms with Crippen LogP contribution in [0.4, 0.5) is 5.69 Å². The molecule has 0 spiro atoms. The van der Waals surface area contributed by atoms with Gasteiger partial charge in [-0.05, 0) is 55.3 Å². The van der Waals surface area contributed by atoms with Crippen LogP contribution in [0.25, 0.3) is 0 Å². The van der Waals surface area contributed by atoms with E-state index in [2.05, 4.69) is 9.80 Å². The molecule has 0 aliphatic carbocycles. The van der Waals surface area contributed by atoms with E-state index < -0.39 is 5.92 Å². The summed E-state index contributed by atoms with van der Waals surface area (Å²) in [6, 6.07) is 7.72. The zero-order chi connectivity index (χ0) is 24.8. The number of hydrogen-bond acceptors (Lipinski definition) is 9. The summed E-state index contributed by atoms with van der Waals surface area (Å²) in [4.78, 5) is 17.8. The molecule has 0 saturated carbocycles. The molecular weight excluding hydrogens is 464 g/mol. The molecule has 36 heavy (non-hydrogen) atoms. The molecule has 0 bridgehead atoms. The number of carbonyl (C=O) groups excluding carboxylic acids is 1. The normalized spacial score (nSPS) is 20.8. The first-order chi connectivity index (χ1) is 17.6. The van der Waals surface area contributed by atoms with Gasteiger partial charge in [-0.2, -0.15) is 0 Å². The summed E-state index contributed by atoms with van der Waals surface area (Å²) < 4.78 is 28.2. The number of piperidine rings is 1. The molecule has 1 unspecified atom stereocenters. The quantitative estimate of drug-likeness (QED) is 0.609. The van der Waals surface area contributed by atoms with E-state index >= 15 is 0 Å². The number of nitrogens with zero attached hydrogens (tertiary/aromatic N) is 2. The van der Waals surface area contributed by atoms with Crippen LogP contribution in [0, 0.1) is 0 Å². The first-order valence-corrected chi connectivity index (χ1v) is 12.3. The molecule has 1 fully saturated rings. The number of hydrogen-bond donors (Lipinski definition) is 1. The Morgan fingerprint density at radius 3 is 2.50 bits per heavy atom. The summed E-state index contributed by atoms with van der Waals surface area (Å²) in [6.07, 6.45) is 3.58. The maximum atomic E-state index is 13.2. The topological polar surface area (TPSA) is 89.9 Å². The number of likely N-dealkylation sites (tertiary alicyclic amines) is 1. The fourth-order valence-corrected chi connectivity index (χ4v) is 5.79. The summed E-state index contributed by atoms with van der Waals surface area (Å²) in [6.45, 7) is 2.86. The summed E-state index contributed by atoms with van der Waals surface area (Å²) in [5.41, 5.74) is 4.74. The number of anilines is 1. The van der Waals surface area contributed by atoms with Crippen LogP contribution in [0.2, 0.25) is 0 Å². The van der Waals surface area contributed by atoms with Crippen molar-refractivity contribution >= 4 is 11.7 Å². The van der Waals surface area contributed by atoms with Crippen molar-refractivity contribution < 1.29 is 33.6 Å². The molecule has 4 aliphatic rings. The molecule has 1 atom stereocenters. The van der Waals surface area contributed by atoms with Gasteiger partial charge in [0.25, 0.3) is 0 Å². The highest BCUT2D eigenvalue weighted by Crippen LogP contribution is 2.52. The second-order valence-corrected chi connectivity index (χ2v) is 9.46. The molecule has 0 amide bonds. The Hall–Kier alpha value is -3.43. The van der Waals surface area contributed by atoms with Gasteiger partial charge in [0.05, 0.1) is 44.5 Å². The number of rotatable bonds is 6. The molecule has 9 nitrogen and oxygen atoms in total. The number of esters is 1. The van der Waals surface area contributed by atoms with E-state index in [-0.39, 0.29) is 26.0 Å². The summed E-state index contributed by atoms with van der Waals surface area (Å²) >= 11 is 0. The second kappa shape index (κ2) is 9.22. The Labute approximate surface area is 209 Å². The molecule has 4 heterocycles. The van der Waals surface area contributed by atoms with Crippen molar-refractivity contribution in [3.63, 3.8) is 0 Å². The van der Waals surface area contributed by atoms with E-state index in [9.17, 15) is 9.90 Å². The molecule has 2 aromatic rings. The van der Waals surface area contributed by atoms with Gasteiger partial charge in [0, 0.05) is 17.5 Å². The third kappa shape index (κ3) is 3.65. The summed E-state index contributed by atoms with van der Waals surface area (Å²) in [7, 11) is 3.10. The van der Waals surface area contributed by atoms with Crippen molar-refractivity contribution in [2.24, 2.45) is 0 Å². The van der Waals surface area contributed by atoms with Gasteiger partial charge in [0.15, 0.2) is 23.0 Å². The lowest BCUT2D eigenvalue weighted by Crippen LogP contribution is -2.43. The van der Waals surface area contributed by atoms with Gasteiger partial charge in [-0.25, -0.2) is 4.79 Å². The first-order valence-electron chi connectivity index (χ1n) is 12.3. The third-order valence-electron chi connectivity index (χ3n) is 7.48. The standard InChI is InChI=1S/C27H30N2O7/c1-32-23-9-16(8-17(12-30)26(23)33-2)24-18-10-21-22(36-15-35-21)11-19(18)29(14-28-6-4-3-5-7-28)20-13-34-27(31)25(20)24/h8-11,24,30H,3-7,12-15H2,1-2H3. The van der Waals surface area contributed by atoms with Gasteiger partial charge >= 0.3 is 5.97 Å². The number of fused-ring (bicyclic) bond motifs is 2. The highest BCUT2D eigenvalue weighted by Gasteiger charge is 2.43. The van der Waals surface area contributed by atoms with Crippen LogP contribution in [0.3, 0.4) is 0 Å². The minimum atomic E-state index is -0.429. The van der Waals surface area contributed by atoms with Crippen molar-refractivity contribution in [1.29, 1.82) is 0 Å². The average Bonchev–Trinajstić information content (AvgIpc) is 3.53. The number of aliphatic hydroxyl groups is 1. The Morgan fingerprint density at radius 1 is 1.00 bits per heavy atom. The van der Waals surface area contributed by atoms with Crippen LogP contribution < -0.4 is 23.8 Å². The highest BCUT2D eigenvalue weighted by molar-refractivity contribution is 5.98. The van der Waals surface area contributed by atoms with Crippen molar-refractivity contribution in [2.75, 3.05) is 52.3 Å². The Morgan fingerprint density at radius 2 is 1.78 bits per heavy atom. The largest absolute Gasteiger partial charge is 0.493 e. The van der Waals surface area contributed by atoms with Crippen LogP contribution in [-0.2, 0) is 16.1 Å². The SMILES string of the molecule is COc1cc(C2C3=C(COC3=O)N(CN3CCCCC3)c3cc4c(cc32)OCO4)cc(CO)c1OC. The maximum absolute atomic E-state index is 13.2. The van der Waals surface area contributed by atoms with Crippen LogP contribution in [0.15, 0.2) is 35.5 Å². The number of carbonyl (C=O) groups is 1. The smallest absolute Gasteiger partial charge is 0.337 e. The average molecular weight is 495 g/mol. The fraction of sp³-hybridized carbons (Fsp3) is 0.444. The molecule has 0 radical (unpaired) electrons. The Kier molecular flexibility index (Phi) is 5.89. The molecule has 9 heteroatoms. The van der Waals surface area contributed by atoms with Gasteiger partial charge < -0.3 is 33.7 Å². The van der Waals surface area contributed by atoms with Crippen molar-refractivity contribution in [2.45, 2.75) is 31.8 Å². The molecule has 2 aromatic carbocycles. The number of methoxy groups -OCH3 is 2. The molecule has 190 valence electrons. The maximum Gasteiger partial charge on any atom is 0.337 e. The predicted octanol–water partition coefficient (Wildman–Crippen LogP) is 3.13. The van der Waals surface area contributed by atoms with E-state index in [1.54, 1.807) is 14.2 Å². The molecule has 0 aromatic heterocycles. The van der Waals surface area contributed by atoms with E-state index in [4.69, 9.17) is 23.7 Å². The van der Waals surface area contributed by atoms with E-state index in [0.29, 0.717) is 40.8 Å². The van der Waals surface area contributed by atoms with E-state index in [0.717, 1.165) is 35.6 Å². The zero-order valence-electron chi connectivity index (χ0n) is 20.5. The van der Waals surface area contributed by atoms with Gasteiger partial charge in [0.1, 0.15) is 6.61 Å². The van der Waals surface area contributed by atoms with Gasteiger partial charge in [-0.3, -0.25) is 4.90 Å². The molecule has 6 rings (SSSR count). The van der Waals surface area contributed by atoms with Gasteiger partial charge in [0.2, 0.25) is 6.79 Å². The van der Waals surface area contributed by atoms with Crippen LogP contribution >= 0.6 is 0 Å². The predicted molar refractivity (Wildman–Crippen MR) is 131 cm³/mol. The number of ether oxygens (including phenoxy) is 5. The monoisotopic (exact) mass is 494 g/mol. The van der Waals surface area contributed by atoms with Crippen molar-refractivity contribution in [3.05, 3.63) is 52.2 Å². The fourth-order valence-electron chi connectivity index (χ4n) is 5.79. The Bertz CT molecular complexity index is 1210. The lowest BCUT2D eigenvalue weighted by atomic mass is 9.79. The summed E-state index contributed by atoms with van der Waals surface area (Å²) in [5.74, 6) is 1.54. The van der Waals surface area contributed by atoms with Gasteiger partial charge in [-0.15, -0.1) is 0 Å². The minimum absolute atomic E-state index is 0.162. The molecule has 4 aliphatic heterocycles. The number of benzene rings is 2. The zero-order valence-corrected chi connectivity index (χ0v) is 20.5. The van der Waals surface area contributed by atoms with Gasteiger partial charge in [-0.1, -0.05) is 6.42 Å². The highest BCUT2D eigenvalue weighted by atomic mass is 16.7. The molecule has 1 saturated heterocycles.